The summed E-state index contributed by atoms with van der Waals surface area (Å²) in [6, 6.07) is 2.67. The van der Waals surface area contributed by atoms with Gasteiger partial charge in [0, 0.05) is 25.6 Å². The number of aromatic nitrogens is 1. The number of likely N-dealkylation sites (tertiary alicyclic amines) is 1. The molecule has 1 aliphatic heterocycles. The van der Waals surface area contributed by atoms with Crippen molar-refractivity contribution in [1.82, 2.24) is 9.88 Å². The third-order valence-electron chi connectivity index (χ3n) is 3.67. The Balaban J connectivity index is 1.97. The lowest BCUT2D eigenvalue weighted by Crippen LogP contribution is -2.40. The first kappa shape index (κ1) is 15.0. The van der Waals surface area contributed by atoms with Crippen LogP contribution in [0.15, 0.2) is 12.1 Å². The lowest BCUT2D eigenvalue weighted by atomic mass is 9.93. The van der Waals surface area contributed by atoms with Crippen molar-refractivity contribution >= 4 is 17.7 Å². The van der Waals surface area contributed by atoms with E-state index in [1.165, 1.54) is 12.1 Å². The maximum atomic E-state index is 12.3. The van der Waals surface area contributed by atoms with Gasteiger partial charge in [-0.05, 0) is 36.2 Å². The first-order valence-electron chi connectivity index (χ1n) is 6.82. The minimum atomic E-state index is -0.835. The minimum absolute atomic E-state index is 0.0979. The first-order valence-corrected chi connectivity index (χ1v) is 6.82. The maximum absolute atomic E-state index is 12.3. The molecule has 8 nitrogen and oxygen atoms in total. The summed E-state index contributed by atoms with van der Waals surface area (Å²) in [6.45, 7) is 1.09. The van der Waals surface area contributed by atoms with Crippen molar-refractivity contribution in [2.75, 3.05) is 13.1 Å². The average molecular weight is 295 g/mol. The molecular weight excluding hydrogens is 278 g/mol. The van der Waals surface area contributed by atoms with E-state index in [4.69, 9.17) is 5.11 Å². The zero-order valence-electron chi connectivity index (χ0n) is 11.4. The Hall–Kier alpha value is -2.38. The molecule has 1 aromatic rings. The molecular formula is C13H17N3O5. The number of hydrogen-bond acceptors (Lipinski definition) is 4. The Morgan fingerprint density at radius 3 is 2.86 bits per heavy atom. The Kier molecular flexibility index (Phi) is 4.56. The van der Waals surface area contributed by atoms with Crippen LogP contribution in [0.25, 0.3) is 0 Å². The molecule has 0 radical (unpaired) electrons. The van der Waals surface area contributed by atoms with Crippen LogP contribution in [0.3, 0.4) is 0 Å². The number of nitrogens with zero attached hydrogens (tertiary/aromatic N) is 2. The number of carboxylic acids is 1. The summed E-state index contributed by atoms with van der Waals surface area (Å²) >= 11 is 0. The normalized spacial score (nSPS) is 18.5. The quantitative estimate of drug-likeness (QED) is 0.632. The summed E-state index contributed by atoms with van der Waals surface area (Å²) < 4.78 is 0. The smallest absolute Gasteiger partial charge is 0.321 e. The number of nitrogens with one attached hydrogen (secondary N) is 1. The predicted molar refractivity (Wildman–Crippen MR) is 72.9 cm³/mol. The highest BCUT2D eigenvalue weighted by molar-refractivity contribution is 5.93. The van der Waals surface area contributed by atoms with Crippen molar-refractivity contribution in [1.29, 1.82) is 0 Å². The molecule has 1 aliphatic rings. The molecule has 114 valence electrons. The van der Waals surface area contributed by atoms with E-state index in [2.05, 4.69) is 4.98 Å². The minimum Gasteiger partial charge on any atom is -0.481 e. The largest absolute Gasteiger partial charge is 0.481 e. The van der Waals surface area contributed by atoms with Crippen LogP contribution in [0.2, 0.25) is 0 Å². The van der Waals surface area contributed by atoms with Crippen molar-refractivity contribution in [3.05, 3.63) is 27.9 Å². The van der Waals surface area contributed by atoms with E-state index >= 15 is 0 Å². The molecule has 8 heteroatoms. The zero-order valence-corrected chi connectivity index (χ0v) is 11.4. The predicted octanol–water partition coefficient (Wildman–Crippen LogP) is 1.64. The summed E-state index contributed by atoms with van der Waals surface area (Å²) in [4.78, 5) is 37.0. The third-order valence-corrected chi connectivity index (χ3v) is 3.67. The topological polar surface area (TPSA) is 117 Å². The lowest BCUT2D eigenvalue weighted by molar-refractivity contribution is -0.389. The summed E-state index contributed by atoms with van der Waals surface area (Å²) in [5.41, 5.74) is 0.195. The van der Waals surface area contributed by atoms with Gasteiger partial charge in [0.15, 0.2) is 5.69 Å². The van der Waals surface area contributed by atoms with Crippen LogP contribution in [0.5, 0.6) is 0 Å². The number of H-pyrrole nitrogens is 1. The molecule has 21 heavy (non-hydrogen) atoms. The van der Waals surface area contributed by atoms with Crippen molar-refractivity contribution in [3.8, 4) is 0 Å². The van der Waals surface area contributed by atoms with Gasteiger partial charge in [0.25, 0.3) is 5.91 Å². The van der Waals surface area contributed by atoms with Crippen LogP contribution in [0.4, 0.5) is 5.82 Å². The number of aromatic amines is 1. The zero-order chi connectivity index (χ0) is 15.4. The molecule has 0 spiro atoms. The number of carboxylic acid groups (broad SMARTS) is 1. The van der Waals surface area contributed by atoms with Gasteiger partial charge in [-0.2, -0.15) is 0 Å². The highest BCUT2D eigenvalue weighted by Crippen LogP contribution is 2.23. The molecule has 2 N–H and O–H groups in total. The molecule has 1 atom stereocenters. The van der Waals surface area contributed by atoms with Crippen molar-refractivity contribution in [2.45, 2.75) is 25.7 Å². The SMILES string of the molecule is O=C(O)CCC1CCCN(C(=O)c2ccc([N+](=O)[O-])[nH]2)C1. The van der Waals surface area contributed by atoms with Crippen LogP contribution in [0.1, 0.15) is 36.2 Å². The van der Waals surface area contributed by atoms with Crippen LogP contribution >= 0.6 is 0 Å². The molecule has 2 heterocycles. The first-order chi connectivity index (χ1) is 9.97. The molecule has 0 bridgehead atoms. The Morgan fingerprint density at radius 2 is 2.24 bits per heavy atom. The maximum Gasteiger partial charge on any atom is 0.321 e. The Bertz CT molecular complexity index is 554. The lowest BCUT2D eigenvalue weighted by Gasteiger charge is -2.31. The monoisotopic (exact) mass is 295 g/mol. The number of aliphatic carboxylic acids is 1. The average Bonchev–Trinajstić information content (AvgIpc) is 2.94. The summed E-state index contributed by atoms with van der Waals surface area (Å²) in [6.07, 6.45) is 2.37. The molecule has 0 aromatic carbocycles. The van der Waals surface area contributed by atoms with Gasteiger partial charge in [0.2, 0.25) is 0 Å². The molecule has 1 aromatic heterocycles. The molecule has 1 amide bonds. The van der Waals surface area contributed by atoms with Gasteiger partial charge < -0.3 is 20.1 Å². The van der Waals surface area contributed by atoms with E-state index in [-0.39, 0.29) is 29.8 Å². The van der Waals surface area contributed by atoms with Gasteiger partial charge in [-0.15, -0.1) is 0 Å². The van der Waals surface area contributed by atoms with Gasteiger partial charge in [0.1, 0.15) is 0 Å². The molecule has 2 rings (SSSR count). The van der Waals surface area contributed by atoms with E-state index in [1.54, 1.807) is 4.90 Å². The van der Waals surface area contributed by atoms with Gasteiger partial charge in [-0.3, -0.25) is 9.59 Å². The van der Waals surface area contributed by atoms with Gasteiger partial charge in [-0.25, -0.2) is 4.98 Å². The van der Waals surface area contributed by atoms with Crippen molar-refractivity contribution in [3.63, 3.8) is 0 Å². The van der Waals surface area contributed by atoms with Gasteiger partial charge in [-0.1, -0.05) is 0 Å². The number of rotatable bonds is 5. The number of piperidine rings is 1. The van der Waals surface area contributed by atoms with E-state index in [0.29, 0.717) is 19.5 Å². The number of carbonyl (C=O) groups is 2. The summed E-state index contributed by atoms with van der Waals surface area (Å²) in [5.74, 6) is -1.15. The Labute approximate surface area is 120 Å². The van der Waals surface area contributed by atoms with E-state index in [9.17, 15) is 19.7 Å². The van der Waals surface area contributed by atoms with Crippen LogP contribution in [0, 0.1) is 16.0 Å². The second-order valence-electron chi connectivity index (χ2n) is 5.21. The molecule has 0 aliphatic carbocycles. The number of amides is 1. The van der Waals surface area contributed by atoms with E-state index in [0.717, 1.165) is 12.8 Å². The molecule has 1 saturated heterocycles. The fraction of sp³-hybridized carbons (Fsp3) is 0.538. The highest BCUT2D eigenvalue weighted by atomic mass is 16.6. The second-order valence-corrected chi connectivity index (χ2v) is 5.21. The summed E-state index contributed by atoms with van der Waals surface area (Å²) in [7, 11) is 0. The third kappa shape index (κ3) is 3.80. The van der Waals surface area contributed by atoms with Crippen molar-refractivity contribution < 1.29 is 19.6 Å². The van der Waals surface area contributed by atoms with E-state index < -0.39 is 10.9 Å². The van der Waals surface area contributed by atoms with Crippen LogP contribution < -0.4 is 0 Å². The fourth-order valence-corrected chi connectivity index (χ4v) is 2.60. The summed E-state index contributed by atoms with van der Waals surface area (Å²) in [5, 5.41) is 19.3. The second kappa shape index (κ2) is 6.38. The number of nitro groups is 1. The van der Waals surface area contributed by atoms with E-state index in [1.807, 2.05) is 0 Å². The van der Waals surface area contributed by atoms with Crippen LogP contribution in [-0.4, -0.2) is 44.9 Å². The van der Waals surface area contributed by atoms with Gasteiger partial charge >= 0.3 is 11.8 Å². The van der Waals surface area contributed by atoms with Crippen LogP contribution in [-0.2, 0) is 4.79 Å². The number of hydrogen-bond donors (Lipinski definition) is 2. The van der Waals surface area contributed by atoms with Gasteiger partial charge in [0.05, 0.1) is 0 Å². The Morgan fingerprint density at radius 1 is 1.48 bits per heavy atom. The number of carbonyl (C=O) groups excluding carboxylic acids is 1. The fourth-order valence-electron chi connectivity index (χ4n) is 2.60. The molecule has 1 fully saturated rings. The highest BCUT2D eigenvalue weighted by Gasteiger charge is 2.27. The molecule has 0 saturated carbocycles. The standard InChI is InChI=1S/C13H17N3O5/c17-12(18)6-3-9-2-1-7-15(8-9)13(19)10-4-5-11(14-10)16(20)21/h4-5,9,14H,1-3,6-8H2,(H,17,18). The molecule has 1 unspecified atom stereocenters. The van der Waals surface area contributed by atoms with Crippen molar-refractivity contribution in [2.24, 2.45) is 5.92 Å².